The molecule has 0 radical (unpaired) electrons. The lowest BCUT2D eigenvalue weighted by Crippen LogP contribution is -2.55. The number of ether oxygens (including phenoxy) is 4. The van der Waals surface area contributed by atoms with E-state index < -0.39 is 258 Å². The second-order valence-corrected chi connectivity index (χ2v) is 17.6. The summed E-state index contributed by atoms with van der Waals surface area (Å²) < 4.78 is 32.5. The molecule has 0 aliphatic carbocycles. The van der Waals surface area contributed by atoms with Crippen LogP contribution in [0, 0.1) is 0 Å². The van der Waals surface area contributed by atoms with E-state index in [1.165, 1.54) is 0 Å². The number of aliphatic hydroxyl groups is 2. The number of aromatic hydroxyl groups is 16. The maximum atomic E-state index is 15.0. The molecule has 12 rings (SSSR count). The number of carbonyl (C=O) groups is 4. The van der Waals surface area contributed by atoms with E-state index in [1.54, 1.807) is 0 Å². The fourth-order valence-corrected chi connectivity index (χ4v) is 9.96. The molecule has 5 atom stereocenters. The maximum Gasteiger partial charge on any atom is 0.345 e. The van der Waals surface area contributed by atoms with Crippen molar-refractivity contribution in [1.82, 2.24) is 0 Å². The average Bonchev–Trinajstić information content (AvgIpc) is 3.06. The Morgan fingerprint density at radius 1 is 0.346 bits per heavy atom. The highest BCUT2D eigenvalue weighted by Crippen LogP contribution is 2.60. The van der Waals surface area contributed by atoms with Crippen LogP contribution in [0.2, 0.25) is 0 Å². The first-order valence-electron chi connectivity index (χ1n) is 21.7. The van der Waals surface area contributed by atoms with Crippen LogP contribution in [0.15, 0.2) is 36.6 Å². The molecule has 4 aliphatic rings. The maximum absolute atomic E-state index is 15.0. The van der Waals surface area contributed by atoms with Gasteiger partial charge in [0, 0.05) is 49.7 Å². The Hall–Kier alpha value is -11.1. The summed E-state index contributed by atoms with van der Waals surface area (Å²) in [5.41, 5.74) is -19.6. The Morgan fingerprint density at radius 2 is 0.718 bits per heavy atom. The van der Waals surface area contributed by atoms with Crippen LogP contribution in [-0.2, 0) is 18.9 Å². The quantitative estimate of drug-likeness (QED) is 0.0365. The lowest BCUT2D eigenvalue weighted by molar-refractivity contribution is -0.153. The summed E-state index contributed by atoms with van der Waals surface area (Å²) in [6.07, 6.45) is -14.2. The summed E-state index contributed by atoms with van der Waals surface area (Å²) in [6.45, 7) is -1.68. The van der Waals surface area contributed by atoms with Crippen LogP contribution in [-0.4, -0.2) is 147 Å². The predicted octanol–water partition coefficient (Wildman–Crippen LogP) is 1.65. The van der Waals surface area contributed by atoms with Gasteiger partial charge in [-0.05, 0) is 18.2 Å². The van der Waals surface area contributed by atoms with Gasteiger partial charge in [-0.25, -0.2) is 28.8 Å². The Bertz CT molecular complexity index is 4280. The van der Waals surface area contributed by atoms with Crippen LogP contribution in [0.4, 0.5) is 0 Å². The van der Waals surface area contributed by atoms with Crippen LogP contribution in [0.25, 0.3) is 66.1 Å². The van der Waals surface area contributed by atoms with E-state index in [-0.39, 0.29) is 6.07 Å². The standard InChI is InChI=1S/C48H28O30/c49-8-1-5-12(27(56)24(8)53)15-20-18-19-21(47(71)76-39(18)36(65)31(15)60)16(32(61)37(66)40(19)75-46(20)70)13-6(2-9(50)25(54)28(13)57)44(68)74-38(11(52)4-73-43(5)67)42-41-34(63)23-22(48(72)77-41)17(30(59)35(64)33(23)62)14-7(45(69)78-42)3-10(51)26(55)29(14)58/h1-3,11,34,38,41-42,49-66H,4H2/t11-,34+,38-,41+,42+/m1/s1. The van der Waals surface area contributed by atoms with Gasteiger partial charge in [0.2, 0.25) is 34.5 Å². The number of cyclic esters (lactones) is 2. The summed E-state index contributed by atoms with van der Waals surface area (Å²) >= 11 is 0. The molecule has 0 amide bonds. The molecule has 0 fully saturated rings. The fraction of sp³-hybridized carbons (Fsp3) is 0.125. The first-order chi connectivity index (χ1) is 36.7. The molecule has 30 nitrogen and oxygen atoms in total. The second kappa shape index (κ2) is 16.2. The number of benzene rings is 6. The molecule has 0 saturated carbocycles. The van der Waals surface area contributed by atoms with Gasteiger partial charge in [-0.2, -0.15) is 0 Å². The van der Waals surface area contributed by atoms with E-state index in [4.69, 9.17) is 27.8 Å². The van der Waals surface area contributed by atoms with Crippen molar-refractivity contribution in [3.63, 3.8) is 0 Å². The zero-order valence-corrected chi connectivity index (χ0v) is 37.8. The third-order valence-electron chi connectivity index (χ3n) is 13.4. The van der Waals surface area contributed by atoms with Crippen LogP contribution < -0.4 is 11.3 Å². The molecule has 0 unspecified atom stereocenters. The monoisotopic (exact) mass is 1080 g/mol. The lowest BCUT2D eigenvalue weighted by atomic mass is 9.82. The van der Waals surface area contributed by atoms with Crippen molar-refractivity contribution in [3.8, 4) is 125 Å². The zero-order chi connectivity index (χ0) is 56.5. The molecule has 4 aliphatic heterocycles. The van der Waals surface area contributed by atoms with Gasteiger partial charge in [-0.1, -0.05) is 0 Å². The van der Waals surface area contributed by atoms with E-state index in [0.29, 0.717) is 12.1 Å². The third-order valence-corrected chi connectivity index (χ3v) is 13.4. The van der Waals surface area contributed by atoms with E-state index in [9.17, 15) is 121 Å². The van der Waals surface area contributed by atoms with E-state index in [2.05, 4.69) is 0 Å². The first kappa shape index (κ1) is 49.1. The van der Waals surface area contributed by atoms with E-state index in [1.807, 2.05) is 0 Å². The minimum Gasteiger partial charge on any atom is -0.504 e. The molecule has 6 aromatic carbocycles. The molecule has 78 heavy (non-hydrogen) atoms. The fourth-order valence-electron chi connectivity index (χ4n) is 9.96. The first-order valence-corrected chi connectivity index (χ1v) is 21.7. The minimum atomic E-state index is -2.97. The average molecular weight is 1080 g/mol. The Morgan fingerprint density at radius 3 is 1.17 bits per heavy atom. The smallest absolute Gasteiger partial charge is 0.345 e. The number of hydrogen-bond donors (Lipinski definition) is 18. The van der Waals surface area contributed by atoms with Crippen molar-refractivity contribution in [2.24, 2.45) is 0 Å². The SMILES string of the molecule is O=C1O[C@@H]([C@@H]2OC(=O)c3cc(O)c(O)c(O)c3-c3c(O)c(O)c4oc(=O)c5c(c(O)c(O)c6oc(=O)c3c4c65)-c3c(cc(O)c(O)c3O)C(=O)OC[C@H]2O)[C@H]2OC(=O)c3c(c(O)c(O)c(O)c3[C@@H]2O)-c2c1cc(O)c(O)c2O. The number of fused-ring (bicyclic) bond motifs is 7. The van der Waals surface area contributed by atoms with Crippen molar-refractivity contribution in [3.05, 3.63) is 66.9 Å². The van der Waals surface area contributed by atoms with Gasteiger partial charge in [-0.3, -0.25) is 0 Å². The van der Waals surface area contributed by atoms with Crippen molar-refractivity contribution in [2.45, 2.75) is 30.5 Å². The number of rotatable bonds is 1. The van der Waals surface area contributed by atoms with Crippen molar-refractivity contribution in [1.29, 1.82) is 0 Å². The topological polar surface area (TPSA) is 530 Å². The number of phenolic OH excluding ortho intramolecular Hbond substituents is 16. The van der Waals surface area contributed by atoms with Crippen LogP contribution in [0.1, 0.15) is 53.1 Å². The highest BCUT2D eigenvalue weighted by molar-refractivity contribution is 6.29. The molecule has 10 bridgehead atoms. The largest absolute Gasteiger partial charge is 0.504 e. The molecule has 8 aromatic rings. The summed E-state index contributed by atoms with van der Waals surface area (Å²) in [5, 5.41) is 198. The third kappa shape index (κ3) is 6.24. The molecule has 400 valence electrons. The highest BCUT2D eigenvalue weighted by Gasteiger charge is 2.53. The summed E-state index contributed by atoms with van der Waals surface area (Å²) in [7, 11) is 0. The number of phenols is 16. The lowest BCUT2D eigenvalue weighted by Gasteiger charge is -2.40. The molecule has 18 N–H and O–H groups in total. The molecule has 0 spiro atoms. The number of carbonyl (C=O) groups excluding carboxylic acids is 4. The minimum absolute atomic E-state index is 0.231. The highest BCUT2D eigenvalue weighted by atomic mass is 16.6. The molecule has 0 saturated heterocycles. The molecule has 2 aromatic heterocycles. The summed E-state index contributed by atoms with van der Waals surface area (Å²) in [4.78, 5) is 86.4. The van der Waals surface area contributed by atoms with Gasteiger partial charge < -0.3 is 120 Å². The normalized spacial score (nSPS) is 19.1. The van der Waals surface area contributed by atoms with E-state index in [0.717, 1.165) is 0 Å². The number of hydrogen-bond acceptors (Lipinski definition) is 30. The van der Waals surface area contributed by atoms with Crippen LogP contribution in [0.3, 0.4) is 0 Å². The molecule has 30 heteroatoms. The Labute approximate surface area is 424 Å². The van der Waals surface area contributed by atoms with Gasteiger partial charge in [0.05, 0.1) is 33.0 Å². The second-order valence-electron chi connectivity index (χ2n) is 17.6. The molecular formula is C48H28O30. The Balaban J connectivity index is 1.24. The van der Waals surface area contributed by atoms with Crippen molar-refractivity contribution >= 4 is 56.6 Å². The number of esters is 4. The van der Waals surface area contributed by atoms with Crippen molar-refractivity contribution in [2.75, 3.05) is 6.61 Å². The Kier molecular flexibility index (Phi) is 10.2. The van der Waals surface area contributed by atoms with Gasteiger partial charge in [0.25, 0.3) is 0 Å². The summed E-state index contributed by atoms with van der Waals surface area (Å²) in [6, 6.07) is 0.884. The molecule has 6 heterocycles. The van der Waals surface area contributed by atoms with Crippen molar-refractivity contribution < 1.29 is 139 Å². The van der Waals surface area contributed by atoms with Gasteiger partial charge in [-0.15, -0.1) is 0 Å². The van der Waals surface area contributed by atoms with Gasteiger partial charge in [0.1, 0.15) is 18.8 Å². The summed E-state index contributed by atoms with van der Waals surface area (Å²) in [5.74, 6) is -32.3. The molecular weight excluding hydrogens is 1060 g/mol. The van der Waals surface area contributed by atoms with Crippen LogP contribution in [0.5, 0.6) is 92.0 Å². The zero-order valence-electron chi connectivity index (χ0n) is 37.8. The predicted molar refractivity (Wildman–Crippen MR) is 245 cm³/mol. The van der Waals surface area contributed by atoms with Gasteiger partial charge in [0.15, 0.2) is 87.0 Å². The van der Waals surface area contributed by atoms with Gasteiger partial charge >= 0.3 is 35.1 Å². The van der Waals surface area contributed by atoms with Crippen LogP contribution >= 0.6 is 0 Å². The van der Waals surface area contributed by atoms with E-state index >= 15 is 0 Å². The number of aliphatic hydroxyl groups excluding tert-OH is 2.